The highest BCUT2D eigenvalue weighted by atomic mass is 16.5. The molecule has 2 heterocycles. The van der Waals surface area contributed by atoms with Gasteiger partial charge in [0.1, 0.15) is 29.1 Å². The molecular weight excluding hydrogens is 572 g/mol. The maximum Gasteiger partial charge on any atom is 0.306 e. The predicted molar refractivity (Wildman–Crippen MR) is 178 cm³/mol. The Balaban J connectivity index is 2.59. The first-order valence-corrected chi connectivity index (χ1v) is 16.4. The topological polar surface area (TPSA) is 127 Å². The fourth-order valence-electron chi connectivity index (χ4n) is 6.26. The molecule has 45 heavy (non-hydrogen) atoms. The first-order valence-electron chi connectivity index (χ1n) is 16.4. The molecule has 0 aliphatic rings. The summed E-state index contributed by atoms with van der Waals surface area (Å²) in [7, 11) is 0. The largest absolute Gasteiger partial charge is 0.465 e. The zero-order valence-electron chi connectivity index (χ0n) is 29.7. The summed E-state index contributed by atoms with van der Waals surface area (Å²) in [6.07, 6.45) is 0.622. The van der Waals surface area contributed by atoms with Crippen LogP contribution in [0.25, 0.3) is 0 Å². The van der Waals surface area contributed by atoms with Gasteiger partial charge in [-0.05, 0) is 52.5 Å². The summed E-state index contributed by atoms with van der Waals surface area (Å²) < 4.78 is 18.6. The zero-order valence-corrected chi connectivity index (χ0v) is 29.7. The zero-order chi connectivity index (χ0) is 34.5. The van der Waals surface area contributed by atoms with E-state index in [0.717, 1.165) is 0 Å². The van der Waals surface area contributed by atoms with Crippen molar-refractivity contribution in [2.24, 2.45) is 11.8 Å². The fraction of sp³-hybridized carbons (Fsp3) is 0.649. The van der Waals surface area contributed by atoms with Gasteiger partial charge in [0.15, 0.2) is 10.9 Å². The number of allylic oxidation sites excluding steroid dienone is 1. The molecular formula is C37H56O8. The summed E-state index contributed by atoms with van der Waals surface area (Å²) in [6.45, 7) is 23.8. The minimum atomic E-state index is -1.02. The number of aliphatic hydroxyl groups excluding tert-OH is 2. The number of aryl methyl sites for hydroxylation is 1. The monoisotopic (exact) mass is 628 g/mol. The van der Waals surface area contributed by atoms with E-state index in [4.69, 9.17) is 13.6 Å². The molecule has 0 fully saturated rings. The number of carbonyl (C=O) groups is 1. The van der Waals surface area contributed by atoms with E-state index in [1.165, 1.54) is 0 Å². The van der Waals surface area contributed by atoms with Crippen LogP contribution in [-0.4, -0.2) is 34.5 Å². The Bertz CT molecular complexity index is 1480. The molecule has 2 N–H and O–H groups in total. The lowest BCUT2D eigenvalue weighted by molar-refractivity contribution is -0.156. The highest BCUT2D eigenvalue weighted by molar-refractivity contribution is 5.70. The standard InChI is InChI=1S/C37H56O8/c1-14-28(38)21(7)35-25(11)33(42)26(12)37(45-35)27(13)36(44-30(39)16-18(3)4)23(9)31(40)19(5)17-20(6)34-24(10)32(41)22(8)29(15-2)43-34/h17-18,20-21,23,27-28,31,36,38,40H,14-16H2,1-13H3/t20-,21+,23+,27-,28+,31+,36-/m1/s1. The average Bonchev–Trinajstić information content (AvgIpc) is 2.99. The molecule has 2 rings (SSSR count). The van der Waals surface area contributed by atoms with Crippen molar-refractivity contribution < 1.29 is 28.6 Å². The molecule has 8 heteroatoms. The quantitative estimate of drug-likeness (QED) is 0.168. The van der Waals surface area contributed by atoms with Crippen LogP contribution >= 0.6 is 0 Å². The summed E-state index contributed by atoms with van der Waals surface area (Å²) in [5.41, 5.74) is 2.42. The van der Waals surface area contributed by atoms with Gasteiger partial charge in [-0.15, -0.1) is 0 Å². The van der Waals surface area contributed by atoms with E-state index in [-0.39, 0.29) is 29.1 Å². The first-order chi connectivity index (χ1) is 20.9. The van der Waals surface area contributed by atoms with Crippen molar-refractivity contribution in [2.75, 3.05) is 0 Å². The van der Waals surface area contributed by atoms with Gasteiger partial charge in [0, 0.05) is 52.8 Å². The van der Waals surface area contributed by atoms with E-state index < -0.39 is 42.0 Å². The van der Waals surface area contributed by atoms with Crippen molar-refractivity contribution in [1.29, 1.82) is 0 Å². The third kappa shape index (κ3) is 8.64. The van der Waals surface area contributed by atoms with Gasteiger partial charge < -0.3 is 23.8 Å². The Morgan fingerprint density at radius 3 is 1.82 bits per heavy atom. The van der Waals surface area contributed by atoms with Crippen LogP contribution in [0.2, 0.25) is 0 Å². The molecule has 0 radical (unpaired) electrons. The number of rotatable bonds is 14. The second kappa shape index (κ2) is 16.0. The van der Waals surface area contributed by atoms with Crippen molar-refractivity contribution >= 4 is 5.97 Å². The summed E-state index contributed by atoms with van der Waals surface area (Å²) in [5, 5.41) is 22.2. The molecule has 2 aromatic heterocycles. The van der Waals surface area contributed by atoms with Gasteiger partial charge >= 0.3 is 5.97 Å². The van der Waals surface area contributed by atoms with Crippen molar-refractivity contribution in [2.45, 2.75) is 145 Å². The number of carbonyl (C=O) groups excluding carboxylic acids is 1. The van der Waals surface area contributed by atoms with Gasteiger partial charge in [-0.25, -0.2) is 0 Å². The van der Waals surface area contributed by atoms with Crippen LogP contribution in [0.5, 0.6) is 0 Å². The summed E-state index contributed by atoms with van der Waals surface area (Å²) in [5.74, 6) is -0.230. The third-order valence-electron chi connectivity index (χ3n) is 9.23. The van der Waals surface area contributed by atoms with Crippen molar-refractivity contribution in [3.63, 3.8) is 0 Å². The minimum Gasteiger partial charge on any atom is -0.465 e. The van der Waals surface area contributed by atoms with E-state index in [1.54, 1.807) is 34.6 Å². The first kappa shape index (κ1) is 38.2. The van der Waals surface area contributed by atoms with Crippen LogP contribution in [-0.2, 0) is 16.0 Å². The predicted octanol–water partition coefficient (Wildman–Crippen LogP) is 7.07. The summed E-state index contributed by atoms with van der Waals surface area (Å²) in [4.78, 5) is 39.3. The molecule has 252 valence electrons. The van der Waals surface area contributed by atoms with Crippen molar-refractivity contribution in [3.05, 3.63) is 77.4 Å². The summed E-state index contributed by atoms with van der Waals surface area (Å²) in [6, 6.07) is 0. The van der Waals surface area contributed by atoms with Gasteiger partial charge in [-0.2, -0.15) is 0 Å². The summed E-state index contributed by atoms with van der Waals surface area (Å²) >= 11 is 0. The van der Waals surface area contributed by atoms with Crippen LogP contribution in [0, 0.1) is 39.5 Å². The second-order valence-electron chi connectivity index (χ2n) is 13.3. The van der Waals surface area contributed by atoms with Crippen LogP contribution in [0.3, 0.4) is 0 Å². The number of ether oxygens (including phenoxy) is 1. The molecule has 0 aliphatic heterocycles. The second-order valence-corrected chi connectivity index (χ2v) is 13.3. The number of hydrogen-bond donors (Lipinski definition) is 2. The van der Waals surface area contributed by atoms with E-state index in [9.17, 15) is 24.6 Å². The van der Waals surface area contributed by atoms with Crippen molar-refractivity contribution in [1.82, 2.24) is 0 Å². The molecule has 0 saturated heterocycles. The molecule has 2 aromatic rings. The Hall–Kier alpha value is -2.97. The Morgan fingerprint density at radius 1 is 0.800 bits per heavy atom. The number of esters is 1. The lowest BCUT2D eigenvalue weighted by Gasteiger charge is -2.33. The highest BCUT2D eigenvalue weighted by Crippen LogP contribution is 2.35. The van der Waals surface area contributed by atoms with Gasteiger partial charge in [0.25, 0.3) is 0 Å². The Kier molecular flexibility index (Phi) is 13.6. The van der Waals surface area contributed by atoms with Gasteiger partial charge in [0.05, 0.1) is 18.1 Å². The maximum atomic E-state index is 13.4. The molecule has 0 bridgehead atoms. The SMILES string of the molecule is CCc1oc([C@H](C)C=C(C)[C@H](O)[C@H](C)[C@@H](OC(=O)CC(C)C)[C@@H](C)c2oc([C@@H](C)[C@@H](O)CC)c(C)c(=O)c2C)c(C)c(=O)c1C. The smallest absolute Gasteiger partial charge is 0.306 e. The number of aliphatic hydroxyl groups is 2. The average molecular weight is 629 g/mol. The van der Waals surface area contributed by atoms with E-state index in [2.05, 4.69) is 0 Å². The minimum absolute atomic E-state index is 0.0408. The molecule has 0 unspecified atom stereocenters. The number of hydrogen-bond acceptors (Lipinski definition) is 8. The van der Waals surface area contributed by atoms with Gasteiger partial charge in [-0.3, -0.25) is 14.4 Å². The fourth-order valence-corrected chi connectivity index (χ4v) is 6.26. The van der Waals surface area contributed by atoms with Crippen LogP contribution in [0.1, 0.15) is 138 Å². The highest BCUT2D eigenvalue weighted by Gasteiger charge is 2.37. The molecule has 0 aliphatic carbocycles. The Morgan fingerprint density at radius 2 is 1.31 bits per heavy atom. The molecule has 7 atom stereocenters. The van der Waals surface area contributed by atoms with Crippen LogP contribution < -0.4 is 10.9 Å². The normalized spacial score (nSPS) is 17.0. The van der Waals surface area contributed by atoms with Crippen molar-refractivity contribution in [3.8, 4) is 0 Å². The Labute approximate surface area is 268 Å². The van der Waals surface area contributed by atoms with E-state index in [1.807, 2.05) is 61.5 Å². The third-order valence-corrected chi connectivity index (χ3v) is 9.23. The molecule has 0 aromatic carbocycles. The molecule has 0 amide bonds. The van der Waals surface area contributed by atoms with E-state index >= 15 is 0 Å². The van der Waals surface area contributed by atoms with Gasteiger partial charge in [-0.1, -0.05) is 61.5 Å². The lowest BCUT2D eigenvalue weighted by Crippen LogP contribution is -2.38. The molecule has 0 spiro atoms. The lowest BCUT2D eigenvalue weighted by atomic mass is 9.83. The van der Waals surface area contributed by atoms with E-state index in [0.29, 0.717) is 63.7 Å². The maximum absolute atomic E-state index is 13.4. The van der Waals surface area contributed by atoms with Crippen LogP contribution in [0.4, 0.5) is 0 Å². The van der Waals surface area contributed by atoms with Gasteiger partial charge in [0.2, 0.25) is 0 Å². The van der Waals surface area contributed by atoms with Crippen LogP contribution in [0.15, 0.2) is 30.1 Å². The molecule has 0 saturated carbocycles. The molecule has 8 nitrogen and oxygen atoms in total.